The largest absolute Gasteiger partial charge is 0.509 e. The fourth-order valence-corrected chi connectivity index (χ4v) is 1.78. The predicted molar refractivity (Wildman–Crippen MR) is 65.5 cm³/mol. The van der Waals surface area contributed by atoms with Crippen molar-refractivity contribution in [2.45, 2.75) is 32.5 Å². The minimum Gasteiger partial charge on any atom is -0.429 e. The number of ether oxygens (including phenoxy) is 2. The van der Waals surface area contributed by atoms with Gasteiger partial charge in [-0.1, -0.05) is 29.8 Å². The molecule has 0 saturated heterocycles. The Morgan fingerprint density at radius 1 is 1.16 bits per heavy atom. The monoisotopic (exact) mass is 262 g/mol. The van der Waals surface area contributed by atoms with Crippen molar-refractivity contribution >= 4 is 17.7 Å². The molecule has 2 rings (SSSR count). The van der Waals surface area contributed by atoms with Crippen LogP contribution in [0.2, 0.25) is 0 Å². The maximum Gasteiger partial charge on any atom is 0.509 e. The van der Waals surface area contributed by atoms with Crippen LogP contribution in [-0.4, -0.2) is 23.8 Å². The molecule has 100 valence electrons. The van der Waals surface area contributed by atoms with Crippen LogP contribution >= 0.6 is 0 Å². The maximum absolute atomic E-state index is 11.4. The molecular formula is C14H14O5. The molecule has 0 atom stereocenters. The van der Waals surface area contributed by atoms with E-state index in [1.54, 1.807) is 0 Å². The number of hydrogen-bond donors (Lipinski definition) is 0. The zero-order valence-electron chi connectivity index (χ0n) is 10.5. The Morgan fingerprint density at radius 2 is 1.74 bits per heavy atom. The third kappa shape index (κ3) is 3.40. The Morgan fingerprint density at radius 3 is 2.32 bits per heavy atom. The molecule has 5 nitrogen and oxygen atoms in total. The predicted octanol–water partition coefficient (Wildman–Crippen LogP) is 1.95. The lowest BCUT2D eigenvalue weighted by Gasteiger charge is -2.09. The molecule has 1 aliphatic rings. The molecule has 1 saturated carbocycles. The standard InChI is InChI=1S/C14H14O5/c1-9-2-4-10(5-3-9)8-18-14(17)19-13-11(15)6-7-12(13)16/h2-5,13H,6-8H2,1H3. The van der Waals surface area contributed by atoms with Gasteiger partial charge in [-0.3, -0.25) is 9.59 Å². The van der Waals surface area contributed by atoms with Crippen molar-refractivity contribution < 1.29 is 23.9 Å². The van der Waals surface area contributed by atoms with Crippen LogP contribution < -0.4 is 0 Å². The number of aryl methyl sites for hydroxylation is 1. The van der Waals surface area contributed by atoms with E-state index in [0.717, 1.165) is 11.1 Å². The first kappa shape index (κ1) is 13.3. The van der Waals surface area contributed by atoms with Crippen molar-refractivity contribution in [3.8, 4) is 0 Å². The molecule has 1 aromatic carbocycles. The summed E-state index contributed by atoms with van der Waals surface area (Å²) in [5.41, 5.74) is 1.92. The van der Waals surface area contributed by atoms with Crippen molar-refractivity contribution in [2.24, 2.45) is 0 Å². The van der Waals surface area contributed by atoms with Gasteiger partial charge in [-0.05, 0) is 12.5 Å². The molecule has 0 bridgehead atoms. The second kappa shape index (κ2) is 5.65. The topological polar surface area (TPSA) is 69.7 Å². The van der Waals surface area contributed by atoms with Gasteiger partial charge >= 0.3 is 6.16 Å². The molecule has 0 N–H and O–H groups in total. The van der Waals surface area contributed by atoms with E-state index in [1.807, 2.05) is 31.2 Å². The molecule has 1 aromatic rings. The van der Waals surface area contributed by atoms with Gasteiger partial charge in [-0.25, -0.2) is 4.79 Å². The zero-order valence-corrected chi connectivity index (χ0v) is 10.5. The molecule has 0 radical (unpaired) electrons. The summed E-state index contributed by atoms with van der Waals surface area (Å²) in [5, 5.41) is 0. The number of ketones is 2. The first-order chi connectivity index (χ1) is 9.06. The average molecular weight is 262 g/mol. The fraction of sp³-hybridized carbons (Fsp3) is 0.357. The van der Waals surface area contributed by atoms with Crippen LogP contribution in [0.15, 0.2) is 24.3 Å². The number of hydrogen-bond acceptors (Lipinski definition) is 5. The molecule has 0 spiro atoms. The number of Topliss-reactive ketones (excluding diaryl/α,β-unsaturated/α-hetero) is 2. The second-order valence-electron chi connectivity index (χ2n) is 4.45. The smallest absolute Gasteiger partial charge is 0.429 e. The van der Waals surface area contributed by atoms with Gasteiger partial charge in [0, 0.05) is 12.8 Å². The summed E-state index contributed by atoms with van der Waals surface area (Å²) in [6, 6.07) is 7.45. The van der Waals surface area contributed by atoms with E-state index in [9.17, 15) is 14.4 Å². The molecular weight excluding hydrogens is 248 g/mol. The van der Waals surface area contributed by atoms with E-state index >= 15 is 0 Å². The van der Waals surface area contributed by atoms with E-state index in [4.69, 9.17) is 9.47 Å². The van der Waals surface area contributed by atoms with E-state index in [2.05, 4.69) is 0 Å². The van der Waals surface area contributed by atoms with Gasteiger partial charge in [0.1, 0.15) is 6.61 Å². The molecule has 1 aliphatic carbocycles. The summed E-state index contributed by atoms with van der Waals surface area (Å²) in [7, 11) is 0. The molecule has 0 heterocycles. The van der Waals surface area contributed by atoms with E-state index in [-0.39, 0.29) is 31.0 Å². The molecule has 19 heavy (non-hydrogen) atoms. The Balaban J connectivity index is 1.83. The van der Waals surface area contributed by atoms with Crippen LogP contribution in [0.1, 0.15) is 24.0 Å². The van der Waals surface area contributed by atoms with Crippen LogP contribution in [0.25, 0.3) is 0 Å². The lowest BCUT2D eigenvalue weighted by atomic mass is 10.2. The SMILES string of the molecule is Cc1ccc(COC(=O)OC2C(=O)CCC2=O)cc1. The Kier molecular flexibility index (Phi) is 3.94. The van der Waals surface area contributed by atoms with Gasteiger partial charge in [-0.15, -0.1) is 0 Å². The van der Waals surface area contributed by atoms with Crippen LogP contribution in [0.4, 0.5) is 4.79 Å². The molecule has 0 aliphatic heterocycles. The first-order valence-electron chi connectivity index (χ1n) is 6.00. The summed E-state index contributed by atoms with van der Waals surface area (Å²) in [5.74, 6) is -0.727. The van der Waals surface area contributed by atoms with Gasteiger partial charge in [0.2, 0.25) is 6.10 Å². The van der Waals surface area contributed by atoms with Crippen LogP contribution in [0, 0.1) is 6.92 Å². The number of rotatable bonds is 3. The van der Waals surface area contributed by atoms with Gasteiger partial charge in [-0.2, -0.15) is 0 Å². The number of carbonyl (C=O) groups is 3. The molecule has 5 heteroatoms. The maximum atomic E-state index is 11.4. The van der Waals surface area contributed by atoms with E-state index in [0.29, 0.717) is 0 Å². The highest BCUT2D eigenvalue weighted by atomic mass is 16.7. The van der Waals surface area contributed by atoms with E-state index < -0.39 is 12.3 Å². The minimum absolute atomic E-state index is 0.0498. The number of benzene rings is 1. The number of carbonyl (C=O) groups excluding carboxylic acids is 3. The van der Waals surface area contributed by atoms with Crippen LogP contribution in [-0.2, 0) is 25.7 Å². The summed E-state index contributed by atoms with van der Waals surface area (Å²) < 4.78 is 9.58. The van der Waals surface area contributed by atoms with Crippen molar-refractivity contribution in [1.82, 2.24) is 0 Å². The lowest BCUT2D eigenvalue weighted by molar-refractivity contribution is -0.134. The van der Waals surface area contributed by atoms with Crippen molar-refractivity contribution in [3.63, 3.8) is 0 Å². The Labute approximate surface area is 110 Å². The van der Waals surface area contributed by atoms with Crippen molar-refractivity contribution in [2.75, 3.05) is 0 Å². The highest BCUT2D eigenvalue weighted by molar-refractivity contribution is 6.12. The highest BCUT2D eigenvalue weighted by Crippen LogP contribution is 2.15. The van der Waals surface area contributed by atoms with Gasteiger partial charge in [0.15, 0.2) is 11.6 Å². The molecule has 0 amide bonds. The second-order valence-corrected chi connectivity index (χ2v) is 4.45. The third-order valence-electron chi connectivity index (χ3n) is 2.89. The average Bonchev–Trinajstić information content (AvgIpc) is 2.70. The van der Waals surface area contributed by atoms with Gasteiger partial charge < -0.3 is 9.47 Å². The summed E-state index contributed by atoms with van der Waals surface area (Å²) >= 11 is 0. The van der Waals surface area contributed by atoms with E-state index in [1.165, 1.54) is 0 Å². The van der Waals surface area contributed by atoms with Crippen molar-refractivity contribution in [3.05, 3.63) is 35.4 Å². The normalized spacial score (nSPS) is 15.6. The minimum atomic E-state index is -1.27. The molecule has 0 aromatic heterocycles. The summed E-state index contributed by atoms with van der Waals surface area (Å²) in [6.07, 6.45) is -2.00. The highest BCUT2D eigenvalue weighted by Gasteiger charge is 2.36. The van der Waals surface area contributed by atoms with Crippen LogP contribution in [0.5, 0.6) is 0 Å². The quantitative estimate of drug-likeness (QED) is 0.615. The fourth-order valence-electron chi connectivity index (χ4n) is 1.78. The van der Waals surface area contributed by atoms with Crippen LogP contribution in [0.3, 0.4) is 0 Å². The molecule has 0 unspecified atom stereocenters. The summed E-state index contributed by atoms with van der Waals surface area (Å²) in [4.78, 5) is 33.9. The summed E-state index contributed by atoms with van der Waals surface area (Å²) in [6.45, 7) is 2.00. The van der Waals surface area contributed by atoms with Gasteiger partial charge in [0.25, 0.3) is 0 Å². The first-order valence-corrected chi connectivity index (χ1v) is 6.00. The Bertz CT molecular complexity index is 487. The third-order valence-corrected chi connectivity index (χ3v) is 2.89. The molecule has 1 fully saturated rings. The zero-order chi connectivity index (χ0) is 13.8. The lowest BCUT2D eigenvalue weighted by Crippen LogP contribution is -2.28. The van der Waals surface area contributed by atoms with Crippen molar-refractivity contribution in [1.29, 1.82) is 0 Å². The van der Waals surface area contributed by atoms with Gasteiger partial charge in [0.05, 0.1) is 0 Å². The Hall–Kier alpha value is -2.17.